The van der Waals surface area contributed by atoms with Crippen molar-refractivity contribution in [2.75, 3.05) is 0 Å². The molecule has 106 valence electrons. The smallest absolute Gasteiger partial charge is 0.305 e. The van der Waals surface area contributed by atoms with E-state index in [4.69, 9.17) is 5.11 Å². The van der Waals surface area contributed by atoms with Gasteiger partial charge < -0.3 is 15.0 Å². The van der Waals surface area contributed by atoms with Crippen LogP contribution >= 0.6 is 15.9 Å². The summed E-state index contributed by atoms with van der Waals surface area (Å²) in [5.74, 6) is -1.13. The van der Waals surface area contributed by atoms with Crippen LogP contribution in [-0.4, -0.2) is 27.6 Å². The maximum absolute atomic E-state index is 12.2. The number of rotatable bonds is 7. The first-order chi connectivity index (χ1) is 8.97. The second-order valence-electron chi connectivity index (χ2n) is 4.41. The van der Waals surface area contributed by atoms with Crippen molar-refractivity contribution >= 4 is 27.8 Å². The minimum absolute atomic E-state index is 0.0576. The molecule has 0 saturated heterocycles. The molecule has 0 aliphatic carbocycles. The van der Waals surface area contributed by atoms with Gasteiger partial charge in [0.05, 0.1) is 6.42 Å². The molecule has 1 heterocycles. The Morgan fingerprint density at radius 2 is 2.16 bits per heavy atom. The Morgan fingerprint density at radius 1 is 1.47 bits per heavy atom. The number of hydrogen-bond donors (Lipinski definition) is 2. The van der Waals surface area contributed by atoms with Gasteiger partial charge in [-0.1, -0.05) is 13.8 Å². The molecule has 1 rings (SSSR count). The normalized spacial score (nSPS) is 12.2. The molecule has 1 atom stereocenters. The van der Waals surface area contributed by atoms with Crippen molar-refractivity contribution in [3.8, 4) is 0 Å². The minimum atomic E-state index is -0.905. The highest BCUT2D eigenvalue weighted by Gasteiger charge is 2.18. The van der Waals surface area contributed by atoms with Gasteiger partial charge >= 0.3 is 5.97 Å². The number of hydrogen-bond acceptors (Lipinski definition) is 2. The van der Waals surface area contributed by atoms with Gasteiger partial charge in [-0.3, -0.25) is 9.59 Å². The first-order valence-electron chi connectivity index (χ1n) is 6.36. The van der Waals surface area contributed by atoms with Gasteiger partial charge in [0.1, 0.15) is 5.69 Å². The van der Waals surface area contributed by atoms with Crippen LogP contribution in [0.3, 0.4) is 0 Å². The van der Waals surface area contributed by atoms with Crippen LogP contribution in [0.2, 0.25) is 0 Å². The van der Waals surface area contributed by atoms with E-state index < -0.39 is 5.97 Å². The third-order valence-corrected chi connectivity index (χ3v) is 3.24. The molecule has 0 aromatic carbocycles. The Labute approximate surface area is 121 Å². The number of aromatic nitrogens is 1. The summed E-state index contributed by atoms with van der Waals surface area (Å²) in [5, 5.41) is 11.5. The lowest BCUT2D eigenvalue weighted by atomic mass is 10.1. The summed E-state index contributed by atoms with van der Waals surface area (Å²) in [6.07, 6.45) is 3.32. The molecular formula is C13H19BrN2O3. The Balaban J connectivity index is 2.78. The van der Waals surface area contributed by atoms with E-state index in [-0.39, 0.29) is 18.4 Å². The van der Waals surface area contributed by atoms with Gasteiger partial charge in [-0.2, -0.15) is 0 Å². The zero-order valence-corrected chi connectivity index (χ0v) is 12.7. The average molecular weight is 331 g/mol. The standard InChI is InChI=1S/C13H19BrN2O3/c1-3-5-16-8-9(14)6-11(16)13(19)15-10(4-2)7-12(17)18/h6,8,10H,3-5,7H2,1-2H3,(H,15,19)(H,17,18). The number of carboxylic acid groups (broad SMARTS) is 1. The summed E-state index contributed by atoms with van der Waals surface area (Å²) in [4.78, 5) is 22.9. The van der Waals surface area contributed by atoms with Crippen molar-refractivity contribution in [3.05, 3.63) is 22.4 Å². The number of nitrogens with one attached hydrogen (secondary N) is 1. The molecule has 1 aromatic heterocycles. The molecule has 0 radical (unpaired) electrons. The Kier molecular flexibility index (Phi) is 6.08. The van der Waals surface area contributed by atoms with Gasteiger partial charge in [0.2, 0.25) is 0 Å². The van der Waals surface area contributed by atoms with Gasteiger partial charge in [0.15, 0.2) is 0 Å². The van der Waals surface area contributed by atoms with E-state index in [0.29, 0.717) is 12.1 Å². The van der Waals surface area contributed by atoms with Crippen LogP contribution in [0.15, 0.2) is 16.7 Å². The summed E-state index contributed by atoms with van der Waals surface area (Å²) in [5.41, 5.74) is 0.553. The van der Waals surface area contributed by atoms with Crippen molar-refractivity contribution < 1.29 is 14.7 Å². The summed E-state index contributed by atoms with van der Waals surface area (Å²) in [7, 11) is 0. The van der Waals surface area contributed by atoms with Crippen molar-refractivity contribution in [2.45, 2.75) is 45.7 Å². The van der Waals surface area contributed by atoms with Crippen LogP contribution in [0.25, 0.3) is 0 Å². The average Bonchev–Trinajstić information content (AvgIpc) is 2.69. The number of amides is 1. The second kappa shape index (κ2) is 7.33. The molecule has 1 aromatic rings. The predicted octanol–water partition coefficient (Wildman–Crippen LogP) is 2.64. The number of carbonyl (C=O) groups excluding carboxylic acids is 1. The van der Waals surface area contributed by atoms with Crippen LogP contribution in [-0.2, 0) is 11.3 Å². The molecule has 0 fully saturated rings. The maximum atomic E-state index is 12.2. The fourth-order valence-electron chi connectivity index (χ4n) is 1.86. The summed E-state index contributed by atoms with van der Waals surface area (Å²) in [6.45, 7) is 4.65. The van der Waals surface area contributed by atoms with Gasteiger partial charge in [0.25, 0.3) is 5.91 Å². The number of aliphatic carboxylic acids is 1. The van der Waals surface area contributed by atoms with Gasteiger partial charge in [-0.05, 0) is 34.8 Å². The lowest BCUT2D eigenvalue weighted by Crippen LogP contribution is -2.37. The quantitative estimate of drug-likeness (QED) is 0.807. The van der Waals surface area contributed by atoms with Crippen LogP contribution in [0.5, 0.6) is 0 Å². The topological polar surface area (TPSA) is 71.3 Å². The van der Waals surface area contributed by atoms with E-state index >= 15 is 0 Å². The number of carbonyl (C=O) groups is 2. The minimum Gasteiger partial charge on any atom is -0.481 e. The predicted molar refractivity (Wildman–Crippen MR) is 76.2 cm³/mol. The van der Waals surface area contributed by atoms with Crippen LogP contribution < -0.4 is 5.32 Å². The number of carboxylic acids is 1. The second-order valence-corrected chi connectivity index (χ2v) is 5.33. The molecule has 2 N–H and O–H groups in total. The third kappa shape index (κ3) is 4.70. The first-order valence-corrected chi connectivity index (χ1v) is 7.15. The van der Waals surface area contributed by atoms with E-state index in [9.17, 15) is 9.59 Å². The van der Waals surface area contributed by atoms with Crippen molar-refractivity contribution in [1.82, 2.24) is 9.88 Å². The van der Waals surface area contributed by atoms with E-state index in [0.717, 1.165) is 17.4 Å². The maximum Gasteiger partial charge on any atom is 0.305 e. The highest BCUT2D eigenvalue weighted by atomic mass is 79.9. The largest absolute Gasteiger partial charge is 0.481 e. The van der Waals surface area contributed by atoms with Crippen molar-refractivity contribution in [2.24, 2.45) is 0 Å². The van der Waals surface area contributed by atoms with Crippen LogP contribution in [0, 0.1) is 0 Å². The molecule has 6 heteroatoms. The van der Waals surface area contributed by atoms with Gasteiger partial charge in [-0.15, -0.1) is 0 Å². The fraction of sp³-hybridized carbons (Fsp3) is 0.538. The van der Waals surface area contributed by atoms with Gasteiger partial charge in [-0.25, -0.2) is 0 Å². The molecule has 1 amide bonds. The molecular weight excluding hydrogens is 312 g/mol. The van der Waals surface area contributed by atoms with Crippen molar-refractivity contribution in [1.29, 1.82) is 0 Å². The summed E-state index contributed by atoms with van der Waals surface area (Å²) < 4.78 is 2.71. The lowest BCUT2D eigenvalue weighted by Gasteiger charge is -2.15. The Hall–Kier alpha value is -1.30. The zero-order valence-electron chi connectivity index (χ0n) is 11.1. The highest BCUT2D eigenvalue weighted by molar-refractivity contribution is 9.10. The third-order valence-electron chi connectivity index (χ3n) is 2.81. The number of halogens is 1. The number of aryl methyl sites for hydroxylation is 1. The monoisotopic (exact) mass is 330 g/mol. The number of nitrogens with zero attached hydrogens (tertiary/aromatic N) is 1. The molecule has 0 aliphatic heterocycles. The fourth-order valence-corrected chi connectivity index (χ4v) is 2.32. The molecule has 0 spiro atoms. The molecule has 0 bridgehead atoms. The molecule has 0 aliphatic rings. The Morgan fingerprint density at radius 3 is 2.68 bits per heavy atom. The zero-order chi connectivity index (χ0) is 14.4. The summed E-state index contributed by atoms with van der Waals surface area (Å²) >= 11 is 3.35. The van der Waals surface area contributed by atoms with Crippen LogP contribution in [0.4, 0.5) is 0 Å². The highest BCUT2D eigenvalue weighted by Crippen LogP contribution is 2.16. The van der Waals surface area contributed by atoms with Crippen LogP contribution in [0.1, 0.15) is 43.6 Å². The Bertz CT molecular complexity index is 457. The molecule has 1 unspecified atom stereocenters. The summed E-state index contributed by atoms with van der Waals surface area (Å²) in [6, 6.07) is 1.41. The van der Waals surface area contributed by atoms with E-state index in [1.165, 1.54) is 0 Å². The molecule has 0 saturated carbocycles. The van der Waals surface area contributed by atoms with Gasteiger partial charge in [0, 0.05) is 23.3 Å². The van der Waals surface area contributed by atoms with E-state index in [1.54, 1.807) is 6.07 Å². The molecule has 5 nitrogen and oxygen atoms in total. The first kappa shape index (κ1) is 15.8. The van der Waals surface area contributed by atoms with E-state index in [2.05, 4.69) is 21.2 Å². The molecule has 19 heavy (non-hydrogen) atoms. The van der Waals surface area contributed by atoms with Crippen molar-refractivity contribution in [3.63, 3.8) is 0 Å². The lowest BCUT2D eigenvalue weighted by molar-refractivity contribution is -0.137. The van der Waals surface area contributed by atoms with E-state index in [1.807, 2.05) is 24.6 Å². The SMILES string of the molecule is CCCn1cc(Br)cc1C(=O)NC(CC)CC(=O)O.